The van der Waals surface area contributed by atoms with E-state index in [1.165, 1.54) is 0 Å². The Labute approximate surface area is 108 Å². The average Bonchev–Trinajstić information content (AvgIpc) is 2.58. The van der Waals surface area contributed by atoms with Gasteiger partial charge in [-0.1, -0.05) is 20.1 Å². The maximum Gasteiger partial charge on any atom is 0.334 e. The molecular weight excluding hydrogens is 228 g/mol. The second-order valence-electron chi connectivity index (χ2n) is 6.35. The molecule has 0 bridgehead atoms. The predicted octanol–water partition coefficient (Wildman–Crippen LogP) is 2.21. The molecule has 0 radical (unpaired) electrons. The van der Waals surface area contributed by atoms with Crippen molar-refractivity contribution in [3.63, 3.8) is 0 Å². The van der Waals surface area contributed by atoms with Crippen molar-refractivity contribution in [3.05, 3.63) is 24.3 Å². The SMILES string of the molecule is C=C1C(=O)O[C@@H]2C[C@@]3(C)CC[C@@H](O)C(=C)[C@@H]3C[C@H]12. The lowest BCUT2D eigenvalue weighted by Gasteiger charge is -2.50. The van der Waals surface area contributed by atoms with E-state index in [0.717, 1.165) is 31.3 Å². The quantitative estimate of drug-likeness (QED) is 0.406. The van der Waals surface area contributed by atoms with Gasteiger partial charge < -0.3 is 9.84 Å². The third-order valence-corrected chi connectivity index (χ3v) is 5.28. The summed E-state index contributed by atoms with van der Waals surface area (Å²) in [5.74, 6) is 0.171. The molecule has 2 saturated carbocycles. The van der Waals surface area contributed by atoms with Gasteiger partial charge >= 0.3 is 5.97 Å². The van der Waals surface area contributed by atoms with Gasteiger partial charge in [0.15, 0.2) is 0 Å². The van der Waals surface area contributed by atoms with E-state index in [-0.39, 0.29) is 35.4 Å². The Morgan fingerprint density at radius 3 is 2.89 bits per heavy atom. The average molecular weight is 248 g/mol. The van der Waals surface area contributed by atoms with Crippen molar-refractivity contribution < 1.29 is 14.6 Å². The van der Waals surface area contributed by atoms with Crippen LogP contribution in [0, 0.1) is 17.3 Å². The third kappa shape index (κ3) is 1.50. The van der Waals surface area contributed by atoms with Crippen LogP contribution in [-0.2, 0) is 9.53 Å². The van der Waals surface area contributed by atoms with Gasteiger partial charge in [-0.05, 0) is 42.6 Å². The highest BCUT2D eigenvalue weighted by molar-refractivity contribution is 5.90. The van der Waals surface area contributed by atoms with Crippen molar-refractivity contribution in [2.24, 2.45) is 17.3 Å². The third-order valence-electron chi connectivity index (χ3n) is 5.28. The molecule has 0 unspecified atom stereocenters. The van der Waals surface area contributed by atoms with Crippen LogP contribution >= 0.6 is 0 Å². The lowest BCUT2D eigenvalue weighted by atomic mass is 9.55. The fraction of sp³-hybridized carbons (Fsp3) is 0.667. The first kappa shape index (κ1) is 12.0. The van der Waals surface area contributed by atoms with E-state index < -0.39 is 0 Å². The molecule has 1 N–H and O–H groups in total. The van der Waals surface area contributed by atoms with Gasteiger partial charge in [0, 0.05) is 11.5 Å². The first-order chi connectivity index (χ1) is 8.42. The number of aliphatic hydroxyl groups excluding tert-OH is 1. The first-order valence-electron chi connectivity index (χ1n) is 6.69. The summed E-state index contributed by atoms with van der Waals surface area (Å²) < 4.78 is 5.42. The number of hydrogen-bond acceptors (Lipinski definition) is 3. The van der Waals surface area contributed by atoms with Gasteiger partial charge in [-0.15, -0.1) is 0 Å². The zero-order valence-electron chi connectivity index (χ0n) is 10.8. The zero-order valence-corrected chi connectivity index (χ0v) is 10.8. The summed E-state index contributed by atoms with van der Waals surface area (Å²) in [5.41, 5.74) is 1.66. The highest BCUT2D eigenvalue weighted by atomic mass is 16.6. The molecule has 1 aliphatic heterocycles. The smallest absolute Gasteiger partial charge is 0.334 e. The number of carbonyl (C=O) groups excluding carboxylic acids is 1. The van der Waals surface area contributed by atoms with Crippen LogP contribution in [0.15, 0.2) is 24.3 Å². The molecule has 0 amide bonds. The van der Waals surface area contributed by atoms with Crippen LogP contribution in [0.25, 0.3) is 0 Å². The van der Waals surface area contributed by atoms with Crippen molar-refractivity contribution in [2.45, 2.75) is 44.8 Å². The summed E-state index contributed by atoms with van der Waals surface area (Å²) >= 11 is 0. The lowest BCUT2D eigenvalue weighted by Crippen LogP contribution is -2.46. The summed E-state index contributed by atoms with van der Waals surface area (Å²) in [6, 6.07) is 0. The van der Waals surface area contributed by atoms with Gasteiger partial charge in [0.25, 0.3) is 0 Å². The molecule has 3 heteroatoms. The van der Waals surface area contributed by atoms with Crippen molar-refractivity contribution in [3.8, 4) is 0 Å². The Morgan fingerprint density at radius 1 is 1.44 bits per heavy atom. The van der Waals surface area contributed by atoms with Gasteiger partial charge in [-0.2, -0.15) is 0 Å². The van der Waals surface area contributed by atoms with Gasteiger partial charge in [-0.3, -0.25) is 0 Å². The number of ether oxygens (including phenoxy) is 1. The molecule has 5 atom stereocenters. The van der Waals surface area contributed by atoms with Gasteiger partial charge in [0.05, 0.1) is 6.10 Å². The minimum atomic E-state index is -0.383. The summed E-state index contributed by atoms with van der Waals surface area (Å²) in [7, 11) is 0. The molecule has 3 rings (SSSR count). The number of carbonyl (C=O) groups is 1. The standard InChI is InChI=1S/C15H20O3/c1-8-10-6-11-9(2)12(16)4-5-15(11,3)7-13(10)18-14(8)17/h10-13,16H,1-2,4-7H2,3H3/t10-,11+,12-,13-,15-/m1/s1. The van der Waals surface area contributed by atoms with Crippen molar-refractivity contribution in [1.29, 1.82) is 0 Å². The summed E-state index contributed by atoms with van der Waals surface area (Å²) in [6.45, 7) is 10.2. The minimum absolute atomic E-state index is 0.00528. The Morgan fingerprint density at radius 2 is 2.17 bits per heavy atom. The normalized spacial score (nSPS) is 47.6. The van der Waals surface area contributed by atoms with Gasteiger partial charge in [0.1, 0.15) is 6.10 Å². The van der Waals surface area contributed by atoms with E-state index in [1.807, 2.05) is 0 Å². The highest BCUT2D eigenvalue weighted by Gasteiger charge is 2.53. The molecule has 0 aromatic carbocycles. The highest BCUT2D eigenvalue weighted by Crippen LogP contribution is 2.56. The first-order valence-corrected chi connectivity index (χ1v) is 6.69. The van der Waals surface area contributed by atoms with Crippen molar-refractivity contribution >= 4 is 5.97 Å². The summed E-state index contributed by atoms with van der Waals surface area (Å²) in [5, 5.41) is 9.97. The Hall–Kier alpha value is -1.09. The van der Waals surface area contributed by atoms with E-state index in [2.05, 4.69) is 20.1 Å². The number of hydrogen-bond donors (Lipinski definition) is 1. The van der Waals surface area contributed by atoms with E-state index in [0.29, 0.717) is 5.57 Å². The fourth-order valence-corrected chi connectivity index (χ4v) is 4.05. The Bertz CT molecular complexity index is 439. The van der Waals surface area contributed by atoms with Gasteiger partial charge in [-0.25, -0.2) is 4.79 Å². The van der Waals surface area contributed by atoms with Crippen LogP contribution in [0.4, 0.5) is 0 Å². The van der Waals surface area contributed by atoms with Crippen LogP contribution in [0.1, 0.15) is 32.6 Å². The topological polar surface area (TPSA) is 46.5 Å². The maximum atomic E-state index is 11.6. The van der Waals surface area contributed by atoms with Crippen LogP contribution in [0.5, 0.6) is 0 Å². The molecule has 98 valence electrons. The molecule has 0 aromatic rings. The number of rotatable bonds is 0. The van der Waals surface area contributed by atoms with Gasteiger partial charge in [0.2, 0.25) is 0 Å². The molecule has 3 aliphatic rings. The second-order valence-corrected chi connectivity index (χ2v) is 6.35. The Balaban J connectivity index is 1.91. The molecule has 18 heavy (non-hydrogen) atoms. The molecule has 3 fully saturated rings. The fourth-order valence-electron chi connectivity index (χ4n) is 4.05. The monoisotopic (exact) mass is 248 g/mol. The molecule has 2 aliphatic carbocycles. The molecule has 0 aromatic heterocycles. The molecule has 1 saturated heterocycles. The zero-order chi connectivity index (χ0) is 13.1. The predicted molar refractivity (Wildman–Crippen MR) is 67.7 cm³/mol. The van der Waals surface area contributed by atoms with E-state index in [1.54, 1.807) is 0 Å². The summed E-state index contributed by atoms with van der Waals surface area (Å²) in [6.07, 6.45) is 3.09. The van der Waals surface area contributed by atoms with E-state index in [4.69, 9.17) is 4.74 Å². The van der Waals surface area contributed by atoms with Crippen LogP contribution in [0.3, 0.4) is 0 Å². The molecule has 3 nitrogen and oxygen atoms in total. The minimum Gasteiger partial charge on any atom is -0.458 e. The number of fused-ring (bicyclic) bond motifs is 2. The lowest BCUT2D eigenvalue weighted by molar-refractivity contribution is -0.142. The maximum absolute atomic E-state index is 11.6. The van der Waals surface area contributed by atoms with Crippen LogP contribution < -0.4 is 0 Å². The van der Waals surface area contributed by atoms with Crippen LogP contribution in [0.2, 0.25) is 0 Å². The second kappa shape index (κ2) is 3.70. The number of esters is 1. The molecule has 0 spiro atoms. The number of aliphatic hydroxyl groups is 1. The van der Waals surface area contributed by atoms with Crippen LogP contribution in [-0.4, -0.2) is 23.3 Å². The Kier molecular flexibility index (Phi) is 2.46. The molecular formula is C15H20O3. The molecule has 1 heterocycles. The van der Waals surface area contributed by atoms with Crippen molar-refractivity contribution in [2.75, 3.05) is 0 Å². The summed E-state index contributed by atoms with van der Waals surface area (Å²) in [4.78, 5) is 11.6. The van der Waals surface area contributed by atoms with Crippen molar-refractivity contribution in [1.82, 2.24) is 0 Å². The van der Waals surface area contributed by atoms with E-state index >= 15 is 0 Å². The largest absolute Gasteiger partial charge is 0.458 e. The van der Waals surface area contributed by atoms with E-state index in [9.17, 15) is 9.90 Å².